The largest absolute Gasteiger partial charge is 0.358 e. The van der Waals surface area contributed by atoms with Crippen LogP contribution >= 0.6 is 0 Å². The highest BCUT2D eigenvalue weighted by molar-refractivity contribution is 6.09. The van der Waals surface area contributed by atoms with E-state index in [1.54, 1.807) is 11.8 Å². The SMILES string of the molecule is CC(=O)N1CCN(C(=O)c2c(C)[nH]c3cccc(C)c23)CC1. The van der Waals surface area contributed by atoms with Crippen LogP contribution in [-0.4, -0.2) is 52.8 Å². The van der Waals surface area contributed by atoms with Gasteiger partial charge in [-0.2, -0.15) is 0 Å². The topological polar surface area (TPSA) is 56.4 Å². The number of hydrogen-bond acceptors (Lipinski definition) is 2. The van der Waals surface area contributed by atoms with E-state index in [9.17, 15) is 9.59 Å². The van der Waals surface area contributed by atoms with Gasteiger partial charge in [0.2, 0.25) is 5.91 Å². The van der Waals surface area contributed by atoms with Gasteiger partial charge in [-0.25, -0.2) is 0 Å². The molecule has 1 saturated heterocycles. The van der Waals surface area contributed by atoms with Gasteiger partial charge < -0.3 is 14.8 Å². The molecule has 0 unspecified atom stereocenters. The van der Waals surface area contributed by atoms with Crippen molar-refractivity contribution in [1.29, 1.82) is 0 Å². The van der Waals surface area contributed by atoms with Gasteiger partial charge in [-0.15, -0.1) is 0 Å². The Hall–Kier alpha value is -2.30. The van der Waals surface area contributed by atoms with Crippen molar-refractivity contribution >= 4 is 22.7 Å². The molecule has 1 aliphatic heterocycles. The maximum atomic E-state index is 12.9. The Kier molecular flexibility index (Phi) is 3.64. The smallest absolute Gasteiger partial charge is 0.256 e. The van der Waals surface area contributed by atoms with E-state index in [0.29, 0.717) is 26.2 Å². The highest BCUT2D eigenvalue weighted by Gasteiger charge is 2.26. The second kappa shape index (κ2) is 5.48. The molecule has 2 heterocycles. The van der Waals surface area contributed by atoms with E-state index in [0.717, 1.165) is 27.7 Å². The second-order valence-corrected chi connectivity index (χ2v) is 5.92. The molecule has 1 fully saturated rings. The molecule has 5 nitrogen and oxygen atoms in total. The number of aromatic nitrogens is 1. The molecule has 116 valence electrons. The molecular formula is C17H21N3O2. The molecule has 0 aliphatic carbocycles. The van der Waals surface area contributed by atoms with Gasteiger partial charge in [0.15, 0.2) is 0 Å². The summed E-state index contributed by atoms with van der Waals surface area (Å²) in [5.74, 6) is 0.132. The lowest BCUT2D eigenvalue weighted by Crippen LogP contribution is -2.50. The zero-order valence-electron chi connectivity index (χ0n) is 13.3. The number of amides is 2. The monoisotopic (exact) mass is 299 g/mol. The van der Waals surface area contributed by atoms with Gasteiger partial charge in [0.1, 0.15) is 0 Å². The van der Waals surface area contributed by atoms with Crippen molar-refractivity contribution in [2.75, 3.05) is 26.2 Å². The van der Waals surface area contributed by atoms with Crippen LogP contribution in [0.15, 0.2) is 18.2 Å². The van der Waals surface area contributed by atoms with Crippen LogP contribution in [0.5, 0.6) is 0 Å². The molecule has 0 spiro atoms. The highest BCUT2D eigenvalue weighted by atomic mass is 16.2. The Morgan fingerprint density at radius 3 is 2.32 bits per heavy atom. The Bertz CT molecular complexity index is 740. The van der Waals surface area contributed by atoms with Crippen molar-refractivity contribution in [2.24, 2.45) is 0 Å². The zero-order chi connectivity index (χ0) is 15.9. The Morgan fingerprint density at radius 1 is 1.05 bits per heavy atom. The van der Waals surface area contributed by atoms with Crippen molar-refractivity contribution in [3.05, 3.63) is 35.0 Å². The molecule has 22 heavy (non-hydrogen) atoms. The minimum absolute atomic E-state index is 0.0567. The predicted molar refractivity (Wildman–Crippen MR) is 85.9 cm³/mol. The molecule has 2 amide bonds. The van der Waals surface area contributed by atoms with E-state index >= 15 is 0 Å². The summed E-state index contributed by atoms with van der Waals surface area (Å²) >= 11 is 0. The summed E-state index contributed by atoms with van der Waals surface area (Å²) in [5.41, 5.74) is 3.78. The lowest BCUT2D eigenvalue weighted by Gasteiger charge is -2.34. The van der Waals surface area contributed by atoms with Crippen molar-refractivity contribution in [3.8, 4) is 0 Å². The fraction of sp³-hybridized carbons (Fsp3) is 0.412. The van der Waals surface area contributed by atoms with Gasteiger partial charge in [0, 0.05) is 49.7 Å². The van der Waals surface area contributed by atoms with Crippen LogP contribution in [0.3, 0.4) is 0 Å². The standard InChI is InChI=1S/C17H21N3O2/c1-11-5-4-6-14-15(11)16(12(2)18-14)17(22)20-9-7-19(8-10-20)13(3)21/h4-6,18H,7-10H2,1-3H3. The van der Waals surface area contributed by atoms with Gasteiger partial charge in [0.05, 0.1) is 5.56 Å². The Balaban J connectivity index is 1.90. The van der Waals surface area contributed by atoms with E-state index in [1.807, 2.05) is 36.9 Å². The predicted octanol–water partition coefficient (Wildman–Crippen LogP) is 2.09. The quantitative estimate of drug-likeness (QED) is 0.876. The number of rotatable bonds is 1. The Labute approximate surface area is 129 Å². The van der Waals surface area contributed by atoms with E-state index in [-0.39, 0.29) is 11.8 Å². The molecule has 0 bridgehead atoms. The summed E-state index contributed by atoms with van der Waals surface area (Å²) in [4.78, 5) is 31.3. The molecule has 0 radical (unpaired) electrons. The summed E-state index contributed by atoms with van der Waals surface area (Å²) < 4.78 is 0. The van der Waals surface area contributed by atoms with Gasteiger partial charge in [0.25, 0.3) is 5.91 Å². The summed E-state index contributed by atoms with van der Waals surface area (Å²) in [5, 5.41) is 1.01. The fourth-order valence-electron chi connectivity index (χ4n) is 3.21. The summed E-state index contributed by atoms with van der Waals surface area (Å²) in [6.45, 7) is 7.96. The van der Waals surface area contributed by atoms with E-state index < -0.39 is 0 Å². The molecular weight excluding hydrogens is 278 g/mol. The number of carbonyl (C=O) groups is 2. The third kappa shape index (κ3) is 2.36. The van der Waals surface area contributed by atoms with Crippen LogP contribution in [0.2, 0.25) is 0 Å². The van der Waals surface area contributed by atoms with Gasteiger partial charge in [-0.1, -0.05) is 12.1 Å². The maximum absolute atomic E-state index is 12.9. The number of H-pyrrole nitrogens is 1. The van der Waals surface area contributed by atoms with Crippen LogP contribution in [0.1, 0.15) is 28.5 Å². The third-order valence-corrected chi connectivity index (χ3v) is 4.45. The van der Waals surface area contributed by atoms with Gasteiger partial charge >= 0.3 is 0 Å². The summed E-state index contributed by atoms with van der Waals surface area (Å²) in [7, 11) is 0. The summed E-state index contributed by atoms with van der Waals surface area (Å²) in [6, 6.07) is 6.02. The van der Waals surface area contributed by atoms with E-state index in [2.05, 4.69) is 4.98 Å². The highest BCUT2D eigenvalue weighted by Crippen LogP contribution is 2.27. The van der Waals surface area contributed by atoms with Crippen molar-refractivity contribution in [2.45, 2.75) is 20.8 Å². The maximum Gasteiger partial charge on any atom is 0.256 e. The lowest BCUT2D eigenvalue weighted by atomic mass is 10.0. The molecule has 1 aromatic carbocycles. The van der Waals surface area contributed by atoms with Crippen LogP contribution in [-0.2, 0) is 4.79 Å². The van der Waals surface area contributed by atoms with Crippen molar-refractivity contribution in [1.82, 2.24) is 14.8 Å². The average molecular weight is 299 g/mol. The average Bonchev–Trinajstić information content (AvgIpc) is 2.84. The molecule has 3 rings (SSSR count). The first-order valence-corrected chi connectivity index (χ1v) is 7.61. The van der Waals surface area contributed by atoms with E-state index in [4.69, 9.17) is 0 Å². The number of aryl methyl sites for hydroxylation is 2. The molecule has 1 N–H and O–H groups in total. The number of nitrogens with zero attached hydrogens (tertiary/aromatic N) is 2. The Morgan fingerprint density at radius 2 is 1.68 bits per heavy atom. The number of piperazine rings is 1. The molecule has 0 saturated carbocycles. The van der Waals surface area contributed by atoms with Crippen LogP contribution in [0, 0.1) is 13.8 Å². The first kappa shape index (κ1) is 14.6. The minimum Gasteiger partial charge on any atom is -0.358 e. The molecule has 0 atom stereocenters. The number of carbonyl (C=O) groups excluding carboxylic acids is 2. The molecule has 1 aliphatic rings. The number of aromatic amines is 1. The van der Waals surface area contributed by atoms with E-state index in [1.165, 1.54) is 0 Å². The fourth-order valence-corrected chi connectivity index (χ4v) is 3.21. The third-order valence-electron chi connectivity index (χ3n) is 4.45. The molecule has 5 heteroatoms. The molecule has 2 aromatic rings. The van der Waals surface area contributed by atoms with Crippen molar-refractivity contribution < 1.29 is 9.59 Å². The first-order chi connectivity index (χ1) is 10.5. The lowest BCUT2D eigenvalue weighted by molar-refractivity contribution is -0.130. The zero-order valence-corrected chi connectivity index (χ0v) is 13.3. The van der Waals surface area contributed by atoms with Gasteiger partial charge in [-0.3, -0.25) is 9.59 Å². The molecule has 1 aromatic heterocycles. The number of hydrogen-bond donors (Lipinski definition) is 1. The van der Waals surface area contributed by atoms with Crippen LogP contribution in [0.25, 0.3) is 10.9 Å². The van der Waals surface area contributed by atoms with Crippen molar-refractivity contribution in [3.63, 3.8) is 0 Å². The van der Waals surface area contributed by atoms with Crippen LogP contribution < -0.4 is 0 Å². The second-order valence-electron chi connectivity index (χ2n) is 5.92. The summed E-state index contributed by atoms with van der Waals surface area (Å²) in [6.07, 6.45) is 0. The van der Waals surface area contributed by atoms with Gasteiger partial charge in [-0.05, 0) is 25.5 Å². The van der Waals surface area contributed by atoms with Crippen LogP contribution in [0.4, 0.5) is 0 Å². The first-order valence-electron chi connectivity index (χ1n) is 7.61. The minimum atomic E-state index is 0.0567. The number of benzene rings is 1. The normalized spacial score (nSPS) is 15.4. The number of nitrogens with one attached hydrogen (secondary N) is 1. The number of fused-ring (bicyclic) bond motifs is 1.